The minimum Gasteiger partial charge on any atom is -0.363 e. The SMILES string of the molecule is CC(=O)N[C@@H]1CCN(c2cc3c(NC(C)c4cccc(C(F)F)c4F)nc(C)nc3cn2)C1. The maximum absolute atomic E-state index is 14.7. The third kappa shape index (κ3) is 4.84. The van der Waals surface area contributed by atoms with E-state index < -0.39 is 23.8 Å². The maximum atomic E-state index is 14.7. The van der Waals surface area contributed by atoms with Gasteiger partial charge in [0.1, 0.15) is 23.3 Å². The lowest BCUT2D eigenvalue weighted by Crippen LogP contribution is -2.35. The van der Waals surface area contributed by atoms with Gasteiger partial charge in [0.05, 0.1) is 23.3 Å². The van der Waals surface area contributed by atoms with E-state index in [0.717, 1.165) is 19.0 Å². The molecule has 0 radical (unpaired) electrons. The molecule has 0 bridgehead atoms. The molecule has 3 heterocycles. The van der Waals surface area contributed by atoms with Crippen LogP contribution in [-0.4, -0.2) is 40.0 Å². The van der Waals surface area contributed by atoms with Crippen molar-refractivity contribution in [2.45, 2.75) is 45.7 Å². The summed E-state index contributed by atoms with van der Waals surface area (Å²) in [5, 5.41) is 6.77. The average Bonchev–Trinajstić information content (AvgIpc) is 3.21. The topological polar surface area (TPSA) is 83.0 Å². The minimum absolute atomic E-state index is 0.0527. The van der Waals surface area contributed by atoms with Gasteiger partial charge in [-0.25, -0.2) is 28.1 Å². The molecule has 2 N–H and O–H groups in total. The number of amides is 1. The molecule has 0 spiro atoms. The van der Waals surface area contributed by atoms with E-state index in [-0.39, 0.29) is 17.5 Å². The zero-order chi connectivity index (χ0) is 23.7. The van der Waals surface area contributed by atoms with Gasteiger partial charge in [-0.2, -0.15) is 0 Å². The van der Waals surface area contributed by atoms with Gasteiger partial charge in [-0.05, 0) is 26.3 Å². The third-order valence-electron chi connectivity index (χ3n) is 5.71. The zero-order valence-electron chi connectivity index (χ0n) is 18.6. The molecule has 10 heteroatoms. The molecular formula is C23H25F3N6O. The second-order valence-corrected chi connectivity index (χ2v) is 8.23. The Bertz CT molecular complexity index is 1190. The van der Waals surface area contributed by atoms with Gasteiger partial charge in [-0.3, -0.25) is 4.79 Å². The molecular weight excluding hydrogens is 433 g/mol. The number of carbonyl (C=O) groups excluding carboxylic acids is 1. The number of rotatable bonds is 6. The molecule has 33 heavy (non-hydrogen) atoms. The first-order valence-corrected chi connectivity index (χ1v) is 10.7. The molecule has 2 atom stereocenters. The van der Waals surface area contributed by atoms with E-state index in [2.05, 4.69) is 30.5 Å². The van der Waals surface area contributed by atoms with E-state index in [0.29, 0.717) is 34.9 Å². The van der Waals surface area contributed by atoms with Crippen LogP contribution in [0.5, 0.6) is 0 Å². The summed E-state index contributed by atoms with van der Waals surface area (Å²) in [6.07, 6.45) is -0.431. The van der Waals surface area contributed by atoms with Crippen LogP contribution in [0.25, 0.3) is 10.9 Å². The van der Waals surface area contributed by atoms with E-state index in [1.54, 1.807) is 20.0 Å². The highest BCUT2D eigenvalue weighted by atomic mass is 19.3. The monoisotopic (exact) mass is 458 g/mol. The fraction of sp³-hybridized carbons (Fsp3) is 0.391. The number of benzene rings is 1. The van der Waals surface area contributed by atoms with Crippen molar-refractivity contribution in [1.82, 2.24) is 20.3 Å². The molecule has 1 aliphatic heterocycles. The van der Waals surface area contributed by atoms with E-state index in [1.807, 2.05) is 6.07 Å². The fourth-order valence-electron chi connectivity index (χ4n) is 4.15. The molecule has 0 aliphatic carbocycles. The average molecular weight is 458 g/mol. The van der Waals surface area contributed by atoms with E-state index in [4.69, 9.17) is 0 Å². The summed E-state index contributed by atoms with van der Waals surface area (Å²) in [4.78, 5) is 26.9. The highest BCUT2D eigenvalue weighted by Crippen LogP contribution is 2.31. The highest BCUT2D eigenvalue weighted by Gasteiger charge is 2.25. The Morgan fingerprint density at radius 3 is 2.73 bits per heavy atom. The molecule has 174 valence electrons. The van der Waals surface area contributed by atoms with E-state index >= 15 is 0 Å². The Morgan fingerprint density at radius 2 is 2.00 bits per heavy atom. The number of hydrogen-bond donors (Lipinski definition) is 2. The van der Waals surface area contributed by atoms with Crippen LogP contribution in [0, 0.1) is 12.7 Å². The van der Waals surface area contributed by atoms with Gasteiger partial charge in [-0.15, -0.1) is 0 Å². The zero-order valence-corrected chi connectivity index (χ0v) is 18.6. The number of alkyl halides is 2. The molecule has 1 aromatic carbocycles. The standard InChI is InChI=1S/C23H25F3N6O/c1-12(16-5-4-6-17(21(16)24)22(25)26)28-23-18-9-20(27-10-19(18)29-13(2)30-23)32-8-7-15(11-32)31-14(3)33/h4-6,9-10,12,15,22H,7-8,11H2,1-3H3,(H,31,33)(H,28,29,30)/t12?,15-/m1/s1. The molecule has 2 aromatic heterocycles. The van der Waals surface area contributed by atoms with E-state index in [9.17, 15) is 18.0 Å². The second kappa shape index (κ2) is 9.21. The maximum Gasteiger partial charge on any atom is 0.266 e. The third-order valence-corrected chi connectivity index (χ3v) is 5.71. The first-order valence-electron chi connectivity index (χ1n) is 10.7. The van der Waals surface area contributed by atoms with Crippen LogP contribution in [0.15, 0.2) is 30.5 Å². The summed E-state index contributed by atoms with van der Waals surface area (Å²) in [7, 11) is 0. The number of pyridine rings is 1. The molecule has 1 saturated heterocycles. The lowest BCUT2D eigenvalue weighted by atomic mass is 10.0. The van der Waals surface area contributed by atoms with Crippen molar-refractivity contribution in [2.75, 3.05) is 23.3 Å². The molecule has 7 nitrogen and oxygen atoms in total. The van der Waals surface area contributed by atoms with Crippen molar-refractivity contribution in [3.05, 3.63) is 53.2 Å². The number of halogens is 3. The van der Waals surface area contributed by atoms with Crippen LogP contribution in [0.2, 0.25) is 0 Å². The summed E-state index contributed by atoms with van der Waals surface area (Å²) < 4.78 is 40.9. The normalized spacial score (nSPS) is 16.9. The van der Waals surface area contributed by atoms with Crippen molar-refractivity contribution in [2.24, 2.45) is 0 Å². The van der Waals surface area contributed by atoms with Gasteiger partial charge in [-0.1, -0.05) is 18.2 Å². The number of hydrogen-bond acceptors (Lipinski definition) is 6. The van der Waals surface area contributed by atoms with Crippen molar-refractivity contribution >= 4 is 28.4 Å². The lowest BCUT2D eigenvalue weighted by Gasteiger charge is -2.20. The Hall–Kier alpha value is -3.43. The Labute approximate surface area is 189 Å². The molecule has 1 aliphatic rings. The van der Waals surface area contributed by atoms with E-state index in [1.165, 1.54) is 19.1 Å². The minimum atomic E-state index is -2.89. The largest absolute Gasteiger partial charge is 0.363 e. The van der Waals surface area contributed by atoms with Gasteiger partial charge in [0.15, 0.2) is 0 Å². The number of carbonyl (C=O) groups is 1. The van der Waals surface area contributed by atoms with Gasteiger partial charge in [0.2, 0.25) is 5.91 Å². The summed E-state index contributed by atoms with van der Waals surface area (Å²) in [6, 6.07) is 5.27. The summed E-state index contributed by atoms with van der Waals surface area (Å²) in [5.41, 5.74) is 0.115. The van der Waals surface area contributed by atoms with Crippen LogP contribution in [0.4, 0.5) is 24.8 Å². The van der Waals surface area contributed by atoms with Crippen molar-refractivity contribution in [1.29, 1.82) is 0 Å². The predicted octanol–water partition coefficient (Wildman–Crippen LogP) is 4.30. The van der Waals surface area contributed by atoms with Gasteiger partial charge in [0, 0.05) is 37.0 Å². The number of aromatic nitrogens is 3. The predicted molar refractivity (Wildman–Crippen MR) is 120 cm³/mol. The molecule has 4 rings (SSSR count). The van der Waals surface area contributed by atoms with Crippen molar-refractivity contribution < 1.29 is 18.0 Å². The first kappa shape index (κ1) is 22.8. The molecule has 0 saturated carbocycles. The molecule has 1 amide bonds. The first-order chi connectivity index (χ1) is 15.7. The molecule has 1 fully saturated rings. The summed E-state index contributed by atoms with van der Waals surface area (Å²) >= 11 is 0. The number of aryl methyl sites for hydroxylation is 1. The van der Waals surface area contributed by atoms with Crippen LogP contribution >= 0.6 is 0 Å². The second-order valence-electron chi connectivity index (χ2n) is 8.23. The summed E-state index contributed by atoms with van der Waals surface area (Å²) in [6.45, 7) is 6.29. The quantitative estimate of drug-likeness (QED) is 0.573. The Morgan fingerprint density at radius 1 is 1.24 bits per heavy atom. The van der Waals surface area contributed by atoms with Crippen molar-refractivity contribution in [3.8, 4) is 0 Å². The van der Waals surface area contributed by atoms with Crippen LogP contribution in [0.1, 0.15) is 49.7 Å². The van der Waals surface area contributed by atoms with Gasteiger partial charge in [0.25, 0.3) is 6.43 Å². The smallest absolute Gasteiger partial charge is 0.266 e. The van der Waals surface area contributed by atoms with Gasteiger partial charge < -0.3 is 15.5 Å². The van der Waals surface area contributed by atoms with Crippen LogP contribution in [0.3, 0.4) is 0 Å². The van der Waals surface area contributed by atoms with Crippen molar-refractivity contribution in [3.63, 3.8) is 0 Å². The van der Waals surface area contributed by atoms with Gasteiger partial charge >= 0.3 is 0 Å². The molecule has 3 aromatic rings. The summed E-state index contributed by atoms with van der Waals surface area (Å²) in [5.74, 6) is 0.685. The fourth-order valence-corrected chi connectivity index (χ4v) is 4.15. The van der Waals surface area contributed by atoms with Crippen LogP contribution < -0.4 is 15.5 Å². The highest BCUT2D eigenvalue weighted by molar-refractivity contribution is 5.90. The number of nitrogens with zero attached hydrogens (tertiary/aromatic N) is 4. The molecule has 1 unspecified atom stereocenters. The number of anilines is 2. The Kier molecular flexibility index (Phi) is 6.35. The Balaban J connectivity index is 1.64. The number of nitrogens with one attached hydrogen (secondary N) is 2. The lowest BCUT2D eigenvalue weighted by molar-refractivity contribution is -0.119. The number of fused-ring (bicyclic) bond motifs is 1. The van der Waals surface area contributed by atoms with Crippen LogP contribution in [-0.2, 0) is 4.79 Å².